The van der Waals surface area contributed by atoms with Crippen molar-refractivity contribution in [1.82, 2.24) is 5.32 Å². The van der Waals surface area contributed by atoms with Crippen molar-refractivity contribution in [2.45, 2.75) is 46.0 Å². The highest BCUT2D eigenvalue weighted by Gasteiger charge is 2.10. The molecule has 0 aromatic carbocycles. The van der Waals surface area contributed by atoms with Gasteiger partial charge >= 0.3 is 0 Å². The van der Waals surface area contributed by atoms with E-state index in [2.05, 4.69) is 17.5 Å². The predicted octanol–water partition coefficient (Wildman–Crippen LogP) is 3.43. The fourth-order valence-corrected chi connectivity index (χ4v) is 2.04. The van der Waals surface area contributed by atoms with Gasteiger partial charge in [-0.1, -0.05) is 26.0 Å². The molecule has 80 valence electrons. The minimum atomic E-state index is 1.08. The van der Waals surface area contributed by atoms with Crippen LogP contribution in [0.4, 0.5) is 0 Å². The van der Waals surface area contributed by atoms with Gasteiger partial charge in [0.05, 0.1) is 0 Å². The van der Waals surface area contributed by atoms with E-state index >= 15 is 0 Å². The van der Waals surface area contributed by atoms with Crippen LogP contribution >= 0.6 is 0 Å². The van der Waals surface area contributed by atoms with Crippen molar-refractivity contribution in [3.63, 3.8) is 0 Å². The highest BCUT2D eigenvalue weighted by Crippen LogP contribution is 2.26. The molecular formula is C13H23N. The third-order valence-corrected chi connectivity index (χ3v) is 2.77. The molecule has 0 fully saturated rings. The van der Waals surface area contributed by atoms with Gasteiger partial charge in [0.15, 0.2) is 0 Å². The van der Waals surface area contributed by atoms with Crippen molar-refractivity contribution in [3.8, 4) is 0 Å². The van der Waals surface area contributed by atoms with E-state index in [0.29, 0.717) is 0 Å². The number of hydrogen-bond donors (Lipinski definition) is 1. The van der Waals surface area contributed by atoms with Gasteiger partial charge in [-0.2, -0.15) is 0 Å². The number of hydrogen-bond acceptors (Lipinski definition) is 1. The third-order valence-electron chi connectivity index (χ3n) is 2.77. The summed E-state index contributed by atoms with van der Waals surface area (Å²) in [5.74, 6) is 0. The Hall–Kier alpha value is -0.560. The Morgan fingerprint density at radius 3 is 2.36 bits per heavy atom. The van der Waals surface area contributed by atoms with Gasteiger partial charge in [0.25, 0.3) is 0 Å². The van der Waals surface area contributed by atoms with Crippen LogP contribution in [0.2, 0.25) is 0 Å². The Bertz CT molecular complexity index is 189. The quantitative estimate of drug-likeness (QED) is 0.672. The lowest BCUT2D eigenvalue weighted by molar-refractivity contribution is 0.667. The van der Waals surface area contributed by atoms with Gasteiger partial charge in [0.1, 0.15) is 0 Å². The van der Waals surface area contributed by atoms with Crippen LogP contribution in [0.5, 0.6) is 0 Å². The topological polar surface area (TPSA) is 12.0 Å². The summed E-state index contributed by atoms with van der Waals surface area (Å²) >= 11 is 0. The van der Waals surface area contributed by atoms with E-state index in [1.54, 1.807) is 11.1 Å². The third kappa shape index (κ3) is 3.30. The zero-order valence-corrected chi connectivity index (χ0v) is 9.60. The second kappa shape index (κ2) is 6.83. The van der Waals surface area contributed by atoms with Crippen molar-refractivity contribution in [1.29, 1.82) is 0 Å². The van der Waals surface area contributed by atoms with Crippen molar-refractivity contribution >= 4 is 0 Å². The van der Waals surface area contributed by atoms with Gasteiger partial charge in [0, 0.05) is 6.54 Å². The minimum absolute atomic E-state index is 1.08. The highest BCUT2D eigenvalue weighted by atomic mass is 14.8. The zero-order valence-electron chi connectivity index (χ0n) is 9.60. The first-order chi connectivity index (χ1) is 6.97. The Balaban J connectivity index is 0.000000461. The van der Waals surface area contributed by atoms with E-state index in [9.17, 15) is 0 Å². The highest BCUT2D eigenvalue weighted by molar-refractivity contribution is 5.33. The molecule has 0 spiro atoms. The molecule has 0 aromatic heterocycles. The maximum Gasteiger partial charge on any atom is 0.0140 e. The van der Waals surface area contributed by atoms with E-state index in [0.717, 1.165) is 6.54 Å². The van der Waals surface area contributed by atoms with Gasteiger partial charge in [0.2, 0.25) is 0 Å². The van der Waals surface area contributed by atoms with E-state index in [1.165, 1.54) is 38.6 Å². The monoisotopic (exact) mass is 193 g/mol. The van der Waals surface area contributed by atoms with Crippen LogP contribution in [0.15, 0.2) is 23.3 Å². The van der Waals surface area contributed by atoms with Crippen LogP contribution < -0.4 is 5.32 Å². The lowest BCUT2D eigenvalue weighted by Gasteiger charge is -2.19. The molecule has 0 saturated heterocycles. The van der Waals surface area contributed by atoms with Crippen molar-refractivity contribution in [3.05, 3.63) is 23.3 Å². The molecule has 0 amide bonds. The molecule has 0 aromatic rings. The molecule has 1 aliphatic heterocycles. The second-order valence-corrected chi connectivity index (χ2v) is 3.66. The summed E-state index contributed by atoms with van der Waals surface area (Å²) in [7, 11) is 0. The fourth-order valence-electron chi connectivity index (χ4n) is 2.04. The molecule has 1 nitrogen and oxygen atoms in total. The summed E-state index contributed by atoms with van der Waals surface area (Å²) in [6.07, 6.45) is 11.5. The summed E-state index contributed by atoms with van der Waals surface area (Å²) in [5.41, 5.74) is 3.26. The van der Waals surface area contributed by atoms with Crippen molar-refractivity contribution in [2.24, 2.45) is 0 Å². The lowest BCUT2D eigenvalue weighted by atomic mass is 9.91. The summed E-state index contributed by atoms with van der Waals surface area (Å²) in [6.45, 7) is 6.25. The Morgan fingerprint density at radius 2 is 1.79 bits per heavy atom. The average Bonchev–Trinajstić information content (AvgIpc) is 2.34. The normalized spacial score (nSPS) is 21.6. The smallest absolute Gasteiger partial charge is 0.0140 e. The van der Waals surface area contributed by atoms with E-state index in [1.807, 2.05) is 13.8 Å². The van der Waals surface area contributed by atoms with E-state index in [4.69, 9.17) is 0 Å². The molecule has 0 saturated carbocycles. The SMILES string of the molecule is C1=C(C2=CCNCC2)CCCC1.CC. The minimum Gasteiger partial charge on any atom is -0.313 e. The fraction of sp³-hybridized carbons (Fsp3) is 0.692. The summed E-state index contributed by atoms with van der Waals surface area (Å²) < 4.78 is 0. The van der Waals surface area contributed by atoms with Gasteiger partial charge in [-0.05, 0) is 49.8 Å². The Labute approximate surface area is 88.3 Å². The van der Waals surface area contributed by atoms with Gasteiger partial charge in [-0.25, -0.2) is 0 Å². The standard InChI is InChI=1S/C11H17N.C2H6/c1-2-4-10(5-3-1)11-6-8-12-9-7-11;1-2/h4,6,12H,1-3,5,7-9H2;1-2H3. The molecule has 14 heavy (non-hydrogen) atoms. The molecule has 1 heteroatoms. The first-order valence-electron chi connectivity index (χ1n) is 6.06. The molecule has 0 atom stereocenters. The van der Waals surface area contributed by atoms with Gasteiger partial charge in [-0.3, -0.25) is 0 Å². The molecule has 2 aliphatic rings. The molecule has 0 radical (unpaired) electrons. The van der Waals surface area contributed by atoms with Crippen LogP contribution in [0.1, 0.15) is 46.0 Å². The van der Waals surface area contributed by atoms with Crippen molar-refractivity contribution < 1.29 is 0 Å². The van der Waals surface area contributed by atoms with E-state index in [-0.39, 0.29) is 0 Å². The molecule has 0 unspecified atom stereocenters. The number of rotatable bonds is 1. The van der Waals surface area contributed by atoms with E-state index < -0.39 is 0 Å². The number of nitrogens with one attached hydrogen (secondary N) is 1. The molecule has 2 rings (SSSR count). The molecule has 1 heterocycles. The average molecular weight is 193 g/mol. The first kappa shape index (κ1) is 11.5. The Kier molecular flexibility index (Phi) is 5.62. The van der Waals surface area contributed by atoms with Crippen molar-refractivity contribution in [2.75, 3.05) is 13.1 Å². The van der Waals surface area contributed by atoms with Crippen LogP contribution in [0, 0.1) is 0 Å². The second-order valence-electron chi connectivity index (χ2n) is 3.66. The number of allylic oxidation sites excluding steroid dienone is 2. The van der Waals surface area contributed by atoms with Crippen LogP contribution in [0.25, 0.3) is 0 Å². The summed E-state index contributed by atoms with van der Waals surface area (Å²) in [5, 5.41) is 3.35. The zero-order chi connectivity index (χ0) is 10.2. The maximum absolute atomic E-state index is 3.35. The molecule has 0 bridgehead atoms. The van der Waals surface area contributed by atoms with Gasteiger partial charge in [-0.15, -0.1) is 0 Å². The largest absolute Gasteiger partial charge is 0.313 e. The summed E-state index contributed by atoms with van der Waals surface area (Å²) in [6, 6.07) is 0. The van der Waals surface area contributed by atoms with Crippen LogP contribution in [-0.2, 0) is 0 Å². The lowest BCUT2D eigenvalue weighted by Crippen LogP contribution is -2.21. The molecule has 1 N–H and O–H groups in total. The summed E-state index contributed by atoms with van der Waals surface area (Å²) in [4.78, 5) is 0. The maximum atomic E-state index is 3.35. The molecular weight excluding hydrogens is 170 g/mol. The first-order valence-corrected chi connectivity index (χ1v) is 6.06. The Morgan fingerprint density at radius 1 is 1.00 bits per heavy atom. The van der Waals surface area contributed by atoms with Gasteiger partial charge < -0.3 is 5.32 Å². The van der Waals surface area contributed by atoms with Crippen LogP contribution in [-0.4, -0.2) is 13.1 Å². The van der Waals surface area contributed by atoms with Crippen LogP contribution in [0.3, 0.4) is 0 Å². The molecule has 1 aliphatic carbocycles. The predicted molar refractivity (Wildman–Crippen MR) is 63.5 cm³/mol.